The van der Waals surface area contributed by atoms with E-state index in [0.717, 1.165) is 10.0 Å². The van der Waals surface area contributed by atoms with Gasteiger partial charge in [0, 0.05) is 11.6 Å². The quantitative estimate of drug-likeness (QED) is 0.535. The standard InChI is InChI=1S/C13H8BrN3O2/c14-10-6-7-11-15-12(9-4-2-1-3-5-9)13(17(18)19)16(11)8-10/h1-8H. The third-order valence-corrected chi connectivity index (χ3v) is 3.25. The Bertz CT molecular complexity index is 768. The van der Waals surface area contributed by atoms with Gasteiger partial charge in [0.05, 0.1) is 4.47 Å². The minimum absolute atomic E-state index is 0.0255. The Balaban J connectivity index is 2.36. The molecule has 0 N–H and O–H groups in total. The maximum Gasteiger partial charge on any atom is 0.355 e. The third-order valence-electron chi connectivity index (χ3n) is 2.78. The van der Waals surface area contributed by atoms with Crippen LogP contribution in [0.2, 0.25) is 0 Å². The maximum absolute atomic E-state index is 11.3. The van der Waals surface area contributed by atoms with Crippen LogP contribution in [0.5, 0.6) is 0 Å². The van der Waals surface area contributed by atoms with E-state index in [1.807, 2.05) is 30.3 Å². The molecule has 0 saturated heterocycles. The van der Waals surface area contributed by atoms with Crippen LogP contribution in [0.25, 0.3) is 16.9 Å². The van der Waals surface area contributed by atoms with Crippen molar-refractivity contribution in [1.82, 2.24) is 9.38 Å². The molecule has 0 spiro atoms. The fraction of sp³-hybridized carbons (Fsp3) is 0. The molecule has 0 fully saturated rings. The van der Waals surface area contributed by atoms with E-state index in [-0.39, 0.29) is 5.82 Å². The molecule has 0 aliphatic heterocycles. The lowest BCUT2D eigenvalue weighted by atomic mass is 10.1. The monoisotopic (exact) mass is 317 g/mol. The number of nitrogens with zero attached hydrogens (tertiary/aromatic N) is 3. The molecule has 0 saturated carbocycles. The van der Waals surface area contributed by atoms with Gasteiger partial charge in [0.2, 0.25) is 5.65 Å². The molecule has 2 heterocycles. The fourth-order valence-corrected chi connectivity index (χ4v) is 2.31. The van der Waals surface area contributed by atoms with Gasteiger partial charge in [0.1, 0.15) is 6.20 Å². The van der Waals surface area contributed by atoms with Gasteiger partial charge in [-0.15, -0.1) is 0 Å². The average molecular weight is 318 g/mol. The SMILES string of the molecule is O=[N+]([O-])c1c(-c2ccccc2)nc2ccc(Br)cn12. The number of hydrogen-bond acceptors (Lipinski definition) is 3. The van der Waals surface area contributed by atoms with Crippen LogP contribution >= 0.6 is 15.9 Å². The van der Waals surface area contributed by atoms with Crippen molar-refractivity contribution in [2.45, 2.75) is 0 Å². The lowest BCUT2D eigenvalue weighted by Gasteiger charge is -1.98. The Kier molecular flexibility index (Phi) is 2.79. The molecule has 94 valence electrons. The molecule has 5 nitrogen and oxygen atoms in total. The van der Waals surface area contributed by atoms with E-state index in [1.54, 1.807) is 18.3 Å². The van der Waals surface area contributed by atoms with Gasteiger partial charge in [-0.05, 0) is 26.9 Å². The molecule has 3 rings (SSSR count). The lowest BCUT2D eigenvalue weighted by Crippen LogP contribution is -1.95. The van der Waals surface area contributed by atoms with Crippen LogP contribution in [0, 0.1) is 10.1 Å². The van der Waals surface area contributed by atoms with Crippen molar-refractivity contribution in [3.63, 3.8) is 0 Å². The van der Waals surface area contributed by atoms with Crippen LogP contribution in [0.4, 0.5) is 5.82 Å². The van der Waals surface area contributed by atoms with Crippen LogP contribution in [0.3, 0.4) is 0 Å². The van der Waals surface area contributed by atoms with Crippen LogP contribution in [-0.4, -0.2) is 14.3 Å². The van der Waals surface area contributed by atoms with Gasteiger partial charge in [0.25, 0.3) is 0 Å². The molecular weight excluding hydrogens is 310 g/mol. The van der Waals surface area contributed by atoms with E-state index in [2.05, 4.69) is 20.9 Å². The second-order valence-electron chi connectivity index (χ2n) is 3.98. The van der Waals surface area contributed by atoms with Gasteiger partial charge in [-0.25, -0.2) is 0 Å². The minimum Gasteiger partial charge on any atom is -0.358 e. The van der Waals surface area contributed by atoms with Gasteiger partial charge in [-0.2, -0.15) is 9.38 Å². The molecule has 0 unspecified atom stereocenters. The maximum atomic E-state index is 11.3. The van der Waals surface area contributed by atoms with Gasteiger partial charge < -0.3 is 10.1 Å². The first-order valence-electron chi connectivity index (χ1n) is 5.54. The van der Waals surface area contributed by atoms with E-state index < -0.39 is 4.92 Å². The molecule has 3 aromatic rings. The highest BCUT2D eigenvalue weighted by atomic mass is 79.9. The molecule has 0 aliphatic rings. The summed E-state index contributed by atoms with van der Waals surface area (Å²) in [4.78, 5) is 15.2. The van der Waals surface area contributed by atoms with E-state index in [9.17, 15) is 10.1 Å². The Morgan fingerprint density at radius 1 is 1.16 bits per heavy atom. The third kappa shape index (κ3) is 2.00. The van der Waals surface area contributed by atoms with E-state index in [4.69, 9.17) is 0 Å². The first kappa shape index (κ1) is 11.9. The zero-order chi connectivity index (χ0) is 13.4. The molecule has 0 atom stereocenters. The van der Waals surface area contributed by atoms with E-state index in [1.165, 1.54) is 4.40 Å². The summed E-state index contributed by atoms with van der Waals surface area (Å²) in [6.07, 6.45) is 1.65. The van der Waals surface area contributed by atoms with Crippen molar-refractivity contribution >= 4 is 27.4 Å². The highest BCUT2D eigenvalue weighted by Gasteiger charge is 2.23. The van der Waals surface area contributed by atoms with Gasteiger partial charge >= 0.3 is 5.82 Å². The molecule has 0 radical (unpaired) electrons. The second-order valence-corrected chi connectivity index (χ2v) is 4.90. The molecule has 0 aliphatic carbocycles. The minimum atomic E-state index is -0.408. The zero-order valence-corrected chi connectivity index (χ0v) is 11.2. The normalized spacial score (nSPS) is 10.8. The molecule has 1 aromatic carbocycles. The molecule has 6 heteroatoms. The number of fused-ring (bicyclic) bond motifs is 1. The number of imidazole rings is 1. The summed E-state index contributed by atoms with van der Waals surface area (Å²) in [5.74, 6) is -0.0255. The number of rotatable bonds is 2. The predicted octanol–water partition coefficient (Wildman–Crippen LogP) is 3.67. The summed E-state index contributed by atoms with van der Waals surface area (Å²) >= 11 is 3.31. The average Bonchev–Trinajstić information content (AvgIpc) is 2.78. The molecule has 0 bridgehead atoms. The zero-order valence-electron chi connectivity index (χ0n) is 9.65. The highest BCUT2D eigenvalue weighted by molar-refractivity contribution is 9.10. The van der Waals surface area contributed by atoms with Crippen LogP contribution in [0.15, 0.2) is 53.1 Å². The summed E-state index contributed by atoms with van der Waals surface area (Å²) < 4.78 is 2.24. The van der Waals surface area contributed by atoms with Crippen LogP contribution in [0.1, 0.15) is 0 Å². The summed E-state index contributed by atoms with van der Waals surface area (Å²) in [6.45, 7) is 0. The molecular formula is C13H8BrN3O2. The summed E-state index contributed by atoms with van der Waals surface area (Å²) in [5, 5.41) is 11.3. The smallest absolute Gasteiger partial charge is 0.355 e. The van der Waals surface area contributed by atoms with Gasteiger partial charge in [0.15, 0.2) is 5.69 Å². The van der Waals surface area contributed by atoms with Crippen molar-refractivity contribution < 1.29 is 4.92 Å². The number of halogens is 1. The molecule has 0 amide bonds. The van der Waals surface area contributed by atoms with Gasteiger partial charge in [-0.3, -0.25) is 0 Å². The second kappa shape index (κ2) is 4.47. The first-order chi connectivity index (χ1) is 9.16. The number of pyridine rings is 1. The number of aromatic nitrogens is 2. The van der Waals surface area contributed by atoms with E-state index in [0.29, 0.717) is 11.3 Å². The van der Waals surface area contributed by atoms with Crippen LogP contribution < -0.4 is 0 Å². The van der Waals surface area contributed by atoms with Crippen molar-refractivity contribution in [1.29, 1.82) is 0 Å². The van der Waals surface area contributed by atoms with Crippen molar-refractivity contribution in [3.05, 3.63) is 63.2 Å². The fourth-order valence-electron chi connectivity index (χ4n) is 1.97. The Labute approximate surface area is 116 Å². The van der Waals surface area contributed by atoms with Gasteiger partial charge in [-0.1, -0.05) is 30.3 Å². The Hall–Kier alpha value is -2.21. The predicted molar refractivity (Wildman–Crippen MR) is 75.0 cm³/mol. The number of benzene rings is 1. The highest BCUT2D eigenvalue weighted by Crippen LogP contribution is 2.30. The van der Waals surface area contributed by atoms with Crippen LogP contribution in [-0.2, 0) is 0 Å². The topological polar surface area (TPSA) is 60.4 Å². The Morgan fingerprint density at radius 2 is 1.89 bits per heavy atom. The number of hydrogen-bond donors (Lipinski definition) is 0. The summed E-state index contributed by atoms with van der Waals surface area (Å²) in [6, 6.07) is 12.7. The van der Waals surface area contributed by atoms with Crippen molar-refractivity contribution in [3.8, 4) is 11.3 Å². The summed E-state index contributed by atoms with van der Waals surface area (Å²) in [5.41, 5.74) is 1.66. The first-order valence-corrected chi connectivity index (χ1v) is 6.33. The van der Waals surface area contributed by atoms with Crippen molar-refractivity contribution in [2.75, 3.05) is 0 Å². The molecule has 19 heavy (non-hydrogen) atoms. The number of nitro groups is 1. The Morgan fingerprint density at radius 3 is 2.58 bits per heavy atom. The largest absolute Gasteiger partial charge is 0.358 e. The lowest BCUT2D eigenvalue weighted by molar-refractivity contribution is -0.389. The molecule has 2 aromatic heterocycles. The van der Waals surface area contributed by atoms with Crippen molar-refractivity contribution in [2.24, 2.45) is 0 Å². The van der Waals surface area contributed by atoms with E-state index >= 15 is 0 Å². The summed E-state index contributed by atoms with van der Waals surface area (Å²) in [7, 11) is 0.